The molecule has 2 N–H and O–H groups in total. The zero-order chi connectivity index (χ0) is 19.2. The Morgan fingerprint density at radius 2 is 1.93 bits per heavy atom. The van der Waals surface area contributed by atoms with Crippen LogP contribution < -0.4 is 10.6 Å². The first kappa shape index (κ1) is 21.7. The van der Waals surface area contributed by atoms with Gasteiger partial charge in [-0.3, -0.25) is 4.99 Å². The second-order valence-corrected chi connectivity index (χ2v) is 6.96. The molecule has 1 fully saturated rings. The number of methoxy groups -OCH3 is 1. The molecule has 0 radical (unpaired) electrons. The van der Waals surface area contributed by atoms with Gasteiger partial charge in [0.2, 0.25) is 0 Å². The molecule has 1 aromatic carbocycles. The Hall–Kier alpha value is -1.63. The third-order valence-electron chi connectivity index (χ3n) is 4.82. The molecular weight excluding hydrogens is 340 g/mol. The van der Waals surface area contributed by atoms with E-state index in [0.29, 0.717) is 19.1 Å². The minimum absolute atomic E-state index is 0.651. The Morgan fingerprint density at radius 1 is 1.15 bits per heavy atom. The summed E-state index contributed by atoms with van der Waals surface area (Å²) in [5.74, 6) is 1.57. The van der Waals surface area contributed by atoms with Crippen LogP contribution in [-0.4, -0.2) is 70.5 Å². The van der Waals surface area contributed by atoms with Crippen molar-refractivity contribution >= 4 is 5.96 Å². The molecule has 1 aliphatic heterocycles. The van der Waals surface area contributed by atoms with E-state index in [-0.39, 0.29) is 0 Å². The molecular formula is C21H36N4O2. The quantitative estimate of drug-likeness (QED) is 0.352. The van der Waals surface area contributed by atoms with Gasteiger partial charge in [0, 0.05) is 33.3 Å². The van der Waals surface area contributed by atoms with E-state index in [4.69, 9.17) is 14.5 Å². The van der Waals surface area contributed by atoms with E-state index in [1.807, 2.05) is 18.2 Å². The predicted molar refractivity (Wildman–Crippen MR) is 111 cm³/mol. The van der Waals surface area contributed by atoms with Crippen LogP contribution in [0, 0.1) is 5.92 Å². The van der Waals surface area contributed by atoms with E-state index in [1.54, 1.807) is 7.11 Å². The Kier molecular flexibility index (Phi) is 10.9. The lowest BCUT2D eigenvalue weighted by atomic mass is 9.97. The summed E-state index contributed by atoms with van der Waals surface area (Å²) >= 11 is 0. The average Bonchev–Trinajstić information content (AvgIpc) is 2.71. The number of guanidine groups is 1. The molecule has 0 amide bonds. The summed E-state index contributed by atoms with van der Waals surface area (Å²) in [6, 6.07) is 10.3. The molecule has 0 saturated carbocycles. The number of nitrogens with zero attached hydrogens (tertiary/aromatic N) is 2. The Balaban J connectivity index is 1.62. The summed E-state index contributed by atoms with van der Waals surface area (Å²) < 4.78 is 10.9. The largest absolute Gasteiger partial charge is 0.383 e. The zero-order valence-corrected chi connectivity index (χ0v) is 17.0. The summed E-state index contributed by atoms with van der Waals surface area (Å²) in [5, 5.41) is 6.69. The van der Waals surface area contributed by atoms with Gasteiger partial charge in [0.05, 0.1) is 19.8 Å². The first-order valence-corrected chi connectivity index (χ1v) is 10.2. The maximum Gasteiger partial charge on any atom is 0.191 e. The number of aliphatic imine (C=N–C) groups is 1. The van der Waals surface area contributed by atoms with E-state index in [0.717, 1.165) is 51.8 Å². The molecule has 1 heterocycles. The van der Waals surface area contributed by atoms with Gasteiger partial charge in [-0.25, -0.2) is 0 Å². The molecule has 0 unspecified atom stereocenters. The van der Waals surface area contributed by atoms with Crippen molar-refractivity contribution in [2.45, 2.75) is 26.4 Å². The minimum atomic E-state index is 0.651. The van der Waals surface area contributed by atoms with Gasteiger partial charge in [0.25, 0.3) is 0 Å². The van der Waals surface area contributed by atoms with Gasteiger partial charge in [-0.2, -0.15) is 0 Å². The van der Waals surface area contributed by atoms with E-state index in [1.165, 1.54) is 18.4 Å². The van der Waals surface area contributed by atoms with Crippen LogP contribution in [0.4, 0.5) is 0 Å². The fourth-order valence-electron chi connectivity index (χ4n) is 3.18. The second-order valence-electron chi connectivity index (χ2n) is 6.96. The molecule has 6 heteroatoms. The van der Waals surface area contributed by atoms with Gasteiger partial charge in [-0.1, -0.05) is 30.3 Å². The van der Waals surface area contributed by atoms with Crippen LogP contribution >= 0.6 is 0 Å². The van der Waals surface area contributed by atoms with E-state index >= 15 is 0 Å². The van der Waals surface area contributed by atoms with Crippen LogP contribution in [0.5, 0.6) is 0 Å². The van der Waals surface area contributed by atoms with Crippen LogP contribution in [0.25, 0.3) is 0 Å². The number of piperidine rings is 1. The molecule has 1 aromatic rings. The molecule has 0 aromatic heterocycles. The lowest BCUT2D eigenvalue weighted by Crippen LogP contribution is -2.40. The van der Waals surface area contributed by atoms with Crippen molar-refractivity contribution in [2.24, 2.45) is 10.9 Å². The zero-order valence-electron chi connectivity index (χ0n) is 17.0. The van der Waals surface area contributed by atoms with Crippen LogP contribution in [0.15, 0.2) is 35.3 Å². The van der Waals surface area contributed by atoms with Crippen LogP contribution in [0.3, 0.4) is 0 Å². The van der Waals surface area contributed by atoms with E-state index < -0.39 is 0 Å². The Morgan fingerprint density at radius 3 is 2.63 bits per heavy atom. The highest BCUT2D eigenvalue weighted by molar-refractivity contribution is 5.79. The molecule has 1 aliphatic rings. The lowest BCUT2D eigenvalue weighted by Gasteiger charge is -2.31. The molecule has 1 saturated heterocycles. The first-order chi connectivity index (χ1) is 13.3. The van der Waals surface area contributed by atoms with Crippen molar-refractivity contribution < 1.29 is 9.47 Å². The monoisotopic (exact) mass is 376 g/mol. The highest BCUT2D eigenvalue weighted by Crippen LogP contribution is 2.17. The number of benzene rings is 1. The van der Waals surface area contributed by atoms with Crippen LogP contribution in [0.1, 0.15) is 25.3 Å². The number of nitrogens with one attached hydrogen (secondary N) is 2. The fourth-order valence-corrected chi connectivity index (χ4v) is 3.18. The average molecular weight is 377 g/mol. The van der Waals surface area contributed by atoms with Crippen molar-refractivity contribution in [3.8, 4) is 0 Å². The molecule has 0 bridgehead atoms. The summed E-state index contributed by atoms with van der Waals surface area (Å²) in [4.78, 5) is 7.26. The van der Waals surface area contributed by atoms with Gasteiger partial charge in [-0.15, -0.1) is 0 Å². The molecule has 0 aliphatic carbocycles. The number of ether oxygens (including phenoxy) is 2. The van der Waals surface area contributed by atoms with Gasteiger partial charge >= 0.3 is 0 Å². The molecule has 0 spiro atoms. The van der Waals surface area contributed by atoms with Gasteiger partial charge in [0.1, 0.15) is 0 Å². The van der Waals surface area contributed by atoms with Gasteiger partial charge in [-0.05, 0) is 44.3 Å². The lowest BCUT2D eigenvalue weighted by molar-refractivity contribution is 0.121. The van der Waals surface area contributed by atoms with Crippen molar-refractivity contribution in [3.63, 3.8) is 0 Å². The second kappa shape index (κ2) is 13.5. The van der Waals surface area contributed by atoms with Crippen molar-refractivity contribution in [2.75, 3.05) is 59.6 Å². The van der Waals surface area contributed by atoms with E-state index in [9.17, 15) is 0 Å². The van der Waals surface area contributed by atoms with Gasteiger partial charge < -0.3 is 25.0 Å². The number of hydrogen-bond donors (Lipinski definition) is 2. The van der Waals surface area contributed by atoms with Crippen molar-refractivity contribution in [3.05, 3.63) is 35.9 Å². The third kappa shape index (κ3) is 9.22. The van der Waals surface area contributed by atoms with Crippen molar-refractivity contribution in [1.29, 1.82) is 0 Å². The molecule has 6 nitrogen and oxygen atoms in total. The first-order valence-electron chi connectivity index (χ1n) is 10.2. The summed E-state index contributed by atoms with van der Waals surface area (Å²) in [6.45, 7) is 10.1. The Bertz CT molecular complexity index is 516. The van der Waals surface area contributed by atoms with E-state index in [2.05, 4.69) is 34.6 Å². The number of hydrogen-bond acceptors (Lipinski definition) is 4. The summed E-state index contributed by atoms with van der Waals surface area (Å²) in [7, 11) is 1.77. The summed E-state index contributed by atoms with van der Waals surface area (Å²) in [6.07, 6.45) is 2.43. The van der Waals surface area contributed by atoms with Crippen LogP contribution in [-0.2, 0) is 16.1 Å². The Labute approximate surface area is 164 Å². The smallest absolute Gasteiger partial charge is 0.191 e. The highest BCUT2D eigenvalue weighted by atomic mass is 16.5. The standard InChI is InChI=1S/C21H36N4O2/c1-3-22-21(23-11-15-27-18-20-7-5-4-6-8-20)24-17-19-9-12-25(13-10-19)14-16-26-2/h4-8,19H,3,9-18H2,1-2H3,(H2,22,23,24). The molecule has 0 atom stereocenters. The summed E-state index contributed by atoms with van der Waals surface area (Å²) in [5.41, 5.74) is 1.20. The van der Waals surface area contributed by atoms with Crippen molar-refractivity contribution in [1.82, 2.24) is 15.5 Å². The predicted octanol–water partition coefficient (Wildman–Crippen LogP) is 2.12. The topological polar surface area (TPSA) is 58.1 Å². The fraction of sp³-hybridized carbons (Fsp3) is 0.667. The SMILES string of the molecule is CCNC(=NCC1CCN(CCOC)CC1)NCCOCc1ccccc1. The maximum atomic E-state index is 5.73. The number of rotatable bonds is 11. The highest BCUT2D eigenvalue weighted by Gasteiger charge is 2.18. The molecule has 2 rings (SSSR count). The van der Waals surface area contributed by atoms with Gasteiger partial charge in [0.15, 0.2) is 5.96 Å². The minimum Gasteiger partial charge on any atom is -0.383 e. The molecule has 27 heavy (non-hydrogen) atoms. The molecule has 152 valence electrons. The third-order valence-corrected chi connectivity index (χ3v) is 4.82. The van der Waals surface area contributed by atoms with Crippen LogP contribution in [0.2, 0.25) is 0 Å². The maximum absolute atomic E-state index is 5.73. The number of likely N-dealkylation sites (tertiary alicyclic amines) is 1. The normalized spacial score (nSPS) is 16.4.